The van der Waals surface area contributed by atoms with E-state index in [-0.39, 0.29) is 11.7 Å². The number of amides is 1. The highest BCUT2D eigenvalue weighted by molar-refractivity contribution is 5.83. The molecule has 3 nitrogen and oxygen atoms in total. The summed E-state index contributed by atoms with van der Waals surface area (Å²) in [7, 11) is 0. The number of halogens is 1. The Hall–Kier alpha value is -2.62. The van der Waals surface area contributed by atoms with E-state index in [1.807, 2.05) is 36.5 Å². The molecular weight excluding hydrogens is 279 g/mol. The van der Waals surface area contributed by atoms with Crippen LogP contribution in [0.4, 0.5) is 4.39 Å². The maximum atomic E-state index is 13.1. The van der Waals surface area contributed by atoms with Crippen molar-refractivity contribution in [3.63, 3.8) is 0 Å². The van der Waals surface area contributed by atoms with Gasteiger partial charge in [-0.15, -0.1) is 0 Å². The number of H-pyrrole nitrogens is 1. The Morgan fingerprint density at radius 2 is 2.00 bits per heavy atom. The van der Waals surface area contributed by atoms with Crippen LogP contribution < -0.4 is 5.32 Å². The van der Waals surface area contributed by atoms with Gasteiger partial charge in [-0.3, -0.25) is 4.79 Å². The second-order valence-electron chi connectivity index (χ2n) is 5.31. The molecule has 2 N–H and O–H groups in total. The maximum Gasteiger partial charge on any atom is 0.224 e. The van der Waals surface area contributed by atoms with Crippen molar-refractivity contribution < 1.29 is 9.18 Å². The molecule has 0 radical (unpaired) electrons. The fraction of sp³-hybridized carbons (Fsp3) is 0.167. The number of carbonyl (C=O) groups is 1. The second-order valence-corrected chi connectivity index (χ2v) is 5.31. The van der Waals surface area contributed by atoms with Gasteiger partial charge in [-0.05, 0) is 47.2 Å². The molecule has 0 aliphatic heterocycles. The Morgan fingerprint density at radius 3 is 2.86 bits per heavy atom. The molecule has 0 unspecified atom stereocenters. The van der Waals surface area contributed by atoms with Crippen molar-refractivity contribution in [3.05, 3.63) is 71.7 Å². The lowest BCUT2D eigenvalue weighted by atomic mass is 10.1. The molecule has 112 valence electrons. The molecule has 0 aliphatic carbocycles. The molecule has 0 saturated carbocycles. The normalized spacial score (nSPS) is 10.8. The molecule has 0 saturated heterocycles. The smallest absolute Gasteiger partial charge is 0.224 e. The third kappa shape index (κ3) is 3.52. The minimum Gasteiger partial charge on any atom is -0.361 e. The van der Waals surface area contributed by atoms with E-state index in [1.54, 1.807) is 6.07 Å². The molecule has 0 atom stereocenters. The molecule has 1 aromatic heterocycles. The van der Waals surface area contributed by atoms with Crippen molar-refractivity contribution in [1.82, 2.24) is 10.3 Å². The van der Waals surface area contributed by atoms with E-state index in [4.69, 9.17) is 0 Å². The van der Waals surface area contributed by atoms with E-state index in [2.05, 4.69) is 10.3 Å². The zero-order chi connectivity index (χ0) is 15.4. The third-order valence-corrected chi connectivity index (χ3v) is 3.61. The van der Waals surface area contributed by atoms with Crippen LogP contribution in [0, 0.1) is 5.82 Å². The van der Waals surface area contributed by atoms with Crippen LogP contribution in [-0.2, 0) is 17.6 Å². The summed E-state index contributed by atoms with van der Waals surface area (Å²) >= 11 is 0. The largest absolute Gasteiger partial charge is 0.361 e. The van der Waals surface area contributed by atoms with Crippen LogP contribution in [0.3, 0.4) is 0 Å². The average molecular weight is 296 g/mol. The molecule has 22 heavy (non-hydrogen) atoms. The fourth-order valence-corrected chi connectivity index (χ4v) is 2.49. The van der Waals surface area contributed by atoms with Gasteiger partial charge in [-0.1, -0.05) is 24.3 Å². The summed E-state index contributed by atoms with van der Waals surface area (Å²) < 4.78 is 13.1. The van der Waals surface area contributed by atoms with Crippen molar-refractivity contribution in [2.24, 2.45) is 0 Å². The zero-order valence-corrected chi connectivity index (χ0v) is 12.1. The average Bonchev–Trinajstić information content (AvgIpc) is 2.95. The van der Waals surface area contributed by atoms with Crippen LogP contribution in [-0.4, -0.2) is 17.4 Å². The summed E-state index contributed by atoms with van der Waals surface area (Å²) in [5.41, 5.74) is 2.89. The van der Waals surface area contributed by atoms with Crippen LogP contribution >= 0.6 is 0 Å². The monoisotopic (exact) mass is 296 g/mol. The summed E-state index contributed by atoms with van der Waals surface area (Å²) in [6.07, 6.45) is 2.85. The number of carbonyl (C=O) groups excluding carboxylic acids is 1. The molecule has 1 amide bonds. The number of nitrogens with one attached hydrogen (secondary N) is 2. The summed E-state index contributed by atoms with van der Waals surface area (Å²) in [5, 5.41) is 4.00. The van der Waals surface area contributed by atoms with Gasteiger partial charge in [-0.2, -0.15) is 0 Å². The van der Waals surface area contributed by atoms with Gasteiger partial charge >= 0.3 is 0 Å². The zero-order valence-electron chi connectivity index (χ0n) is 12.1. The van der Waals surface area contributed by atoms with E-state index in [0.29, 0.717) is 19.4 Å². The quantitative estimate of drug-likeness (QED) is 0.746. The van der Waals surface area contributed by atoms with Gasteiger partial charge in [0.2, 0.25) is 5.91 Å². The molecule has 0 spiro atoms. The summed E-state index contributed by atoms with van der Waals surface area (Å²) in [4.78, 5) is 15.1. The first-order chi connectivity index (χ1) is 10.7. The third-order valence-electron chi connectivity index (χ3n) is 3.61. The number of aromatic nitrogens is 1. The van der Waals surface area contributed by atoms with Crippen LogP contribution in [0.2, 0.25) is 0 Å². The SMILES string of the molecule is O=C(Cc1ccc2cc[nH]c2c1)NCCc1cccc(F)c1. The molecule has 0 bridgehead atoms. The van der Waals surface area contributed by atoms with Gasteiger partial charge in [0.1, 0.15) is 5.82 Å². The lowest BCUT2D eigenvalue weighted by molar-refractivity contribution is -0.120. The number of hydrogen-bond acceptors (Lipinski definition) is 1. The predicted molar refractivity (Wildman–Crippen MR) is 85.1 cm³/mol. The van der Waals surface area contributed by atoms with Gasteiger partial charge in [0.15, 0.2) is 0 Å². The highest BCUT2D eigenvalue weighted by Crippen LogP contribution is 2.14. The molecule has 2 aromatic carbocycles. The lowest BCUT2D eigenvalue weighted by Crippen LogP contribution is -2.27. The number of aromatic amines is 1. The maximum absolute atomic E-state index is 13.1. The van der Waals surface area contributed by atoms with Gasteiger partial charge in [0.25, 0.3) is 0 Å². The Bertz CT molecular complexity index is 794. The molecule has 3 aromatic rings. The number of benzene rings is 2. The molecule has 1 heterocycles. The standard InChI is InChI=1S/C18H17FN2O/c19-16-3-1-2-13(10-16)6-8-21-18(22)12-14-4-5-15-7-9-20-17(15)11-14/h1-5,7,9-11,20H,6,8,12H2,(H,21,22). The van der Waals surface area contributed by atoms with Crippen molar-refractivity contribution in [1.29, 1.82) is 0 Å². The molecule has 0 aliphatic rings. The summed E-state index contributed by atoms with van der Waals surface area (Å²) in [6, 6.07) is 14.4. The highest BCUT2D eigenvalue weighted by Gasteiger charge is 2.05. The fourth-order valence-electron chi connectivity index (χ4n) is 2.49. The van der Waals surface area contributed by atoms with Gasteiger partial charge < -0.3 is 10.3 Å². The first-order valence-corrected chi connectivity index (χ1v) is 7.28. The van der Waals surface area contributed by atoms with E-state index < -0.39 is 0 Å². The molecule has 4 heteroatoms. The number of rotatable bonds is 5. The first-order valence-electron chi connectivity index (χ1n) is 7.28. The summed E-state index contributed by atoms with van der Waals surface area (Å²) in [6.45, 7) is 0.507. The van der Waals surface area contributed by atoms with Crippen LogP contribution in [0.15, 0.2) is 54.7 Å². The number of fused-ring (bicyclic) bond motifs is 1. The van der Waals surface area contributed by atoms with E-state index in [9.17, 15) is 9.18 Å². The molecule has 3 rings (SSSR count). The van der Waals surface area contributed by atoms with Gasteiger partial charge in [-0.25, -0.2) is 4.39 Å². The van der Waals surface area contributed by atoms with E-state index >= 15 is 0 Å². The Balaban J connectivity index is 1.51. The lowest BCUT2D eigenvalue weighted by Gasteiger charge is -2.06. The van der Waals surface area contributed by atoms with E-state index in [0.717, 1.165) is 22.0 Å². The summed E-state index contributed by atoms with van der Waals surface area (Å²) in [5.74, 6) is -0.273. The minimum absolute atomic E-state index is 0.0256. The Labute approximate surface area is 128 Å². The topological polar surface area (TPSA) is 44.9 Å². The van der Waals surface area contributed by atoms with Crippen molar-refractivity contribution in [2.45, 2.75) is 12.8 Å². The second kappa shape index (κ2) is 6.43. The van der Waals surface area contributed by atoms with Crippen LogP contribution in [0.1, 0.15) is 11.1 Å². The highest BCUT2D eigenvalue weighted by atomic mass is 19.1. The van der Waals surface area contributed by atoms with Crippen LogP contribution in [0.25, 0.3) is 10.9 Å². The first kappa shape index (κ1) is 14.3. The van der Waals surface area contributed by atoms with Crippen molar-refractivity contribution >= 4 is 16.8 Å². The Kier molecular flexibility index (Phi) is 4.19. The van der Waals surface area contributed by atoms with Gasteiger partial charge in [0, 0.05) is 18.3 Å². The predicted octanol–water partition coefficient (Wildman–Crippen LogP) is 3.21. The molecule has 0 fully saturated rings. The van der Waals surface area contributed by atoms with E-state index in [1.165, 1.54) is 12.1 Å². The van der Waals surface area contributed by atoms with Gasteiger partial charge in [0.05, 0.1) is 6.42 Å². The minimum atomic E-state index is -0.247. The molecular formula is C18H17FN2O. The van der Waals surface area contributed by atoms with Crippen LogP contribution in [0.5, 0.6) is 0 Å². The Morgan fingerprint density at radius 1 is 1.09 bits per heavy atom. The van der Waals surface area contributed by atoms with Crippen molar-refractivity contribution in [2.75, 3.05) is 6.54 Å². The number of hydrogen-bond donors (Lipinski definition) is 2. The van der Waals surface area contributed by atoms with Crippen molar-refractivity contribution in [3.8, 4) is 0 Å².